The largest absolute Gasteiger partial charge is 0.464 e. The predicted octanol–water partition coefficient (Wildman–Crippen LogP) is 1.68. The molecule has 0 saturated carbocycles. The van der Waals surface area contributed by atoms with E-state index in [9.17, 15) is 19.7 Å². The second-order valence-corrected chi connectivity index (χ2v) is 4.73. The number of rotatable bonds is 4. The smallest absolute Gasteiger partial charge is 0.358 e. The lowest BCUT2D eigenvalue weighted by Crippen LogP contribution is -2.16. The summed E-state index contributed by atoms with van der Waals surface area (Å²) in [5, 5.41) is 17.2. The minimum absolute atomic E-state index is 0.0711. The van der Waals surface area contributed by atoms with E-state index in [1.165, 1.54) is 43.2 Å². The Bertz CT molecular complexity index is 796. The Hall–Kier alpha value is -3.23. The monoisotopic (exact) mass is 318 g/mol. The number of aromatic nitrogens is 2. The molecule has 2 rings (SSSR count). The van der Waals surface area contributed by atoms with E-state index >= 15 is 0 Å². The quantitative estimate of drug-likeness (QED) is 0.521. The normalized spacial score (nSPS) is 10.2. The van der Waals surface area contributed by atoms with Gasteiger partial charge in [-0.1, -0.05) is 0 Å². The highest BCUT2D eigenvalue weighted by molar-refractivity contribution is 6.07. The van der Waals surface area contributed by atoms with Gasteiger partial charge in [0.15, 0.2) is 5.69 Å². The fourth-order valence-electron chi connectivity index (χ4n) is 2.06. The second-order valence-electron chi connectivity index (χ2n) is 4.73. The minimum Gasteiger partial charge on any atom is -0.464 e. The molecule has 0 aliphatic carbocycles. The molecule has 0 atom stereocenters. The molecule has 0 saturated heterocycles. The molecule has 0 spiro atoms. The molecule has 0 aliphatic heterocycles. The first-order valence-electron chi connectivity index (χ1n) is 6.52. The molecule has 1 N–H and O–H groups in total. The number of carbonyl (C=O) groups is 2. The summed E-state index contributed by atoms with van der Waals surface area (Å²) in [6, 6.07) is 4.00. The van der Waals surface area contributed by atoms with Gasteiger partial charge in [-0.2, -0.15) is 5.10 Å². The highest BCUT2D eigenvalue weighted by Crippen LogP contribution is 2.21. The van der Waals surface area contributed by atoms with Crippen molar-refractivity contribution in [1.82, 2.24) is 9.78 Å². The Morgan fingerprint density at radius 3 is 2.65 bits per heavy atom. The van der Waals surface area contributed by atoms with Crippen molar-refractivity contribution in [2.45, 2.75) is 6.92 Å². The summed E-state index contributed by atoms with van der Waals surface area (Å²) in [5.41, 5.74) is 0.813. The number of esters is 1. The maximum absolute atomic E-state index is 12.2. The van der Waals surface area contributed by atoms with Crippen LogP contribution < -0.4 is 5.32 Å². The van der Waals surface area contributed by atoms with Crippen molar-refractivity contribution in [2.24, 2.45) is 7.05 Å². The molecule has 0 fully saturated rings. The highest BCUT2D eigenvalue weighted by atomic mass is 16.6. The third kappa shape index (κ3) is 3.18. The van der Waals surface area contributed by atoms with Gasteiger partial charge in [-0.3, -0.25) is 19.6 Å². The SMILES string of the molecule is COC(=O)c1c(NC(=O)c2ccc([N+](=O)[O-])c(C)c2)cnn1C. The van der Waals surface area contributed by atoms with Gasteiger partial charge in [0.05, 0.1) is 23.9 Å². The molecule has 9 heteroatoms. The number of anilines is 1. The van der Waals surface area contributed by atoms with Crippen molar-refractivity contribution in [2.75, 3.05) is 12.4 Å². The van der Waals surface area contributed by atoms with E-state index < -0.39 is 16.8 Å². The molecule has 1 aromatic heterocycles. The average molecular weight is 318 g/mol. The lowest BCUT2D eigenvalue weighted by atomic mass is 10.1. The number of hydrogen-bond donors (Lipinski definition) is 1. The number of hydrogen-bond acceptors (Lipinski definition) is 6. The standard InChI is InChI=1S/C14H14N4O5/c1-8-6-9(4-5-11(8)18(21)22)13(19)16-10-7-15-17(2)12(10)14(20)23-3/h4-7H,1-3H3,(H,16,19). The van der Waals surface area contributed by atoms with Crippen molar-refractivity contribution in [1.29, 1.82) is 0 Å². The summed E-state index contributed by atoms with van der Waals surface area (Å²) in [7, 11) is 2.76. The molecule has 23 heavy (non-hydrogen) atoms. The van der Waals surface area contributed by atoms with E-state index in [0.29, 0.717) is 5.56 Å². The maximum Gasteiger partial charge on any atom is 0.358 e. The van der Waals surface area contributed by atoms with Crippen LogP contribution in [-0.4, -0.2) is 33.7 Å². The first-order valence-corrected chi connectivity index (χ1v) is 6.52. The van der Waals surface area contributed by atoms with Crippen LogP contribution in [0.1, 0.15) is 26.4 Å². The summed E-state index contributed by atoms with van der Waals surface area (Å²) in [6.45, 7) is 1.54. The Balaban J connectivity index is 2.28. The Kier molecular flexibility index (Phi) is 4.39. The van der Waals surface area contributed by atoms with Crippen LogP contribution >= 0.6 is 0 Å². The molecular formula is C14H14N4O5. The van der Waals surface area contributed by atoms with Crippen LogP contribution in [0.3, 0.4) is 0 Å². The molecule has 0 unspecified atom stereocenters. The van der Waals surface area contributed by atoms with Crippen LogP contribution in [0.2, 0.25) is 0 Å². The van der Waals surface area contributed by atoms with Crippen LogP contribution in [0, 0.1) is 17.0 Å². The number of methoxy groups -OCH3 is 1. The van der Waals surface area contributed by atoms with Crippen LogP contribution in [0.15, 0.2) is 24.4 Å². The van der Waals surface area contributed by atoms with E-state index in [1.807, 2.05) is 0 Å². The van der Waals surface area contributed by atoms with Crippen LogP contribution in [-0.2, 0) is 11.8 Å². The Labute approximate surface area is 131 Å². The first-order chi connectivity index (χ1) is 10.8. The third-order valence-corrected chi connectivity index (χ3v) is 3.22. The number of nitrogens with one attached hydrogen (secondary N) is 1. The van der Waals surface area contributed by atoms with E-state index in [0.717, 1.165) is 0 Å². The van der Waals surface area contributed by atoms with Crippen LogP contribution in [0.25, 0.3) is 0 Å². The second kappa shape index (κ2) is 6.26. The molecule has 0 aliphatic rings. The van der Waals surface area contributed by atoms with E-state index in [4.69, 9.17) is 0 Å². The fraction of sp³-hybridized carbons (Fsp3) is 0.214. The summed E-state index contributed by atoms with van der Waals surface area (Å²) in [4.78, 5) is 34.2. The summed E-state index contributed by atoms with van der Waals surface area (Å²) < 4.78 is 5.92. The van der Waals surface area contributed by atoms with Crippen molar-refractivity contribution in [3.63, 3.8) is 0 Å². The molecular weight excluding hydrogens is 304 g/mol. The first kappa shape index (κ1) is 16.1. The lowest BCUT2D eigenvalue weighted by Gasteiger charge is -2.07. The number of benzene rings is 1. The maximum atomic E-state index is 12.2. The summed E-state index contributed by atoms with van der Waals surface area (Å²) in [6.07, 6.45) is 1.32. The lowest BCUT2D eigenvalue weighted by molar-refractivity contribution is -0.385. The van der Waals surface area contributed by atoms with Gasteiger partial charge in [-0.15, -0.1) is 0 Å². The van der Waals surface area contributed by atoms with Gasteiger partial charge in [0, 0.05) is 24.2 Å². The van der Waals surface area contributed by atoms with E-state index in [-0.39, 0.29) is 22.6 Å². The zero-order valence-electron chi connectivity index (χ0n) is 12.7. The zero-order chi connectivity index (χ0) is 17.1. The Morgan fingerprint density at radius 2 is 2.09 bits per heavy atom. The predicted molar refractivity (Wildman–Crippen MR) is 80.3 cm³/mol. The summed E-state index contributed by atoms with van der Waals surface area (Å²) in [5.74, 6) is -1.15. The van der Waals surface area contributed by atoms with Crippen molar-refractivity contribution < 1.29 is 19.2 Å². The molecule has 1 amide bonds. The molecule has 120 valence electrons. The molecule has 0 bridgehead atoms. The Morgan fingerprint density at radius 1 is 1.39 bits per heavy atom. The number of nitrogens with zero attached hydrogens (tertiary/aromatic N) is 3. The number of aryl methyl sites for hydroxylation is 2. The van der Waals surface area contributed by atoms with Gasteiger partial charge in [0.2, 0.25) is 0 Å². The molecule has 1 aromatic carbocycles. The number of ether oxygens (including phenoxy) is 1. The van der Waals surface area contributed by atoms with Gasteiger partial charge in [0.1, 0.15) is 0 Å². The zero-order valence-corrected chi connectivity index (χ0v) is 12.7. The number of nitro benzene ring substituents is 1. The van der Waals surface area contributed by atoms with Crippen molar-refractivity contribution >= 4 is 23.3 Å². The number of carbonyl (C=O) groups excluding carboxylic acids is 2. The fourth-order valence-corrected chi connectivity index (χ4v) is 2.06. The van der Waals surface area contributed by atoms with Gasteiger partial charge in [-0.05, 0) is 19.1 Å². The van der Waals surface area contributed by atoms with E-state index in [1.54, 1.807) is 6.92 Å². The molecule has 0 radical (unpaired) electrons. The third-order valence-electron chi connectivity index (χ3n) is 3.22. The van der Waals surface area contributed by atoms with E-state index in [2.05, 4.69) is 15.2 Å². The average Bonchev–Trinajstić information content (AvgIpc) is 2.86. The number of amides is 1. The van der Waals surface area contributed by atoms with Crippen molar-refractivity contribution in [3.8, 4) is 0 Å². The molecule has 2 aromatic rings. The molecule has 1 heterocycles. The van der Waals surface area contributed by atoms with Crippen LogP contribution in [0.5, 0.6) is 0 Å². The molecule has 9 nitrogen and oxygen atoms in total. The van der Waals surface area contributed by atoms with Gasteiger partial charge in [-0.25, -0.2) is 4.79 Å². The number of nitro groups is 1. The van der Waals surface area contributed by atoms with Gasteiger partial charge in [0.25, 0.3) is 11.6 Å². The highest BCUT2D eigenvalue weighted by Gasteiger charge is 2.20. The minimum atomic E-state index is -0.639. The van der Waals surface area contributed by atoms with Crippen LogP contribution in [0.4, 0.5) is 11.4 Å². The van der Waals surface area contributed by atoms with Crippen molar-refractivity contribution in [3.05, 3.63) is 51.3 Å². The topological polar surface area (TPSA) is 116 Å². The van der Waals surface area contributed by atoms with Gasteiger partial charge < -0.3 is 10.1 Å². The van der Waals surface area contributed by atoms with Gasteiger partial charge >= 0.3 is 5.97 Å². The summed E-state index contributed by atoms with van der Waals surface area (Å²) >= 11 is 0.